The molecule has 2 atom stereocenters. The number of nitrogens with one attached hydrogen (secondary N) is 1. The van der Waals surface area contributed by atoms with Crippen molar-refractivity contribution < 1.29 is 23.8 Å². The average molecular weight is 334 g/mol. The summed E-state index contributed by atoms with van der Waals surface area (Å²) in [5.41, 5.74) is -3.46. The summed E-state index contributed by atoms with van der Waals surface area (Å²) in [5, 5.41) is 0. The third-order valence-electron chi connectivity index (χ3n) is 4.20. The van der Waals surface area contributed by atoms with Crippen molar-refractivity contribution in [3.63, 3.8) is 0 Å². The molecule has 1 saturated heterocycles. The third-order valence-corrected chi connectivity index (χ3v) is 5.81. The SMILES string of the molecule is COC1(n2cc(C)c(=O)[nH]c2=O)OCC(P(=O)(O)O)C1(C)C. The van der Waals surface area contributed by atoms with Crippen LogP contribution in [0.4, 0.5) is 0 Å². The van der Waals surface area contributed by atoms with Gasteiger partial charge in [-0.15, -0.1) is 0 Å². The summed E-state index contributed by atoms with van der Waals surface area (Å²) in [4.78, 5) is 44.8. The molecule has 2 rings (SSSR count). The van der Waals surface area contributed by atoms with Crippen LogP contribution in [-0.2, 0) is 19.9 Å². The average Bonchev–Trinajstić information content (AvgIpc) is 2.65. The monoisotopic (exact) mass is 334 g/mol. The van der Waals surface area contributed by atoms with E-state index in [1.165, 1.54) is 20.2 Å². The predicted octanol–water partition coefficient (Wildman–Crippen LogP) is -0.296. The van der Waals surface area contributed by atoms with Crippen molar-refractivity contribution in [2.75, 3.05) is 13.7 Å². The Morgan fingerprint density at radius 3 is 2.50 bits per heavy atom. The quantitative estimate of drug-likeness (QED) is 0.647. The summed E-state index contributed by atoms with van der Waals surface area (Å²) >= 11 is 0. The van der Waals surface area contributed by atoms with Crippen molar-refractivity contribution in [2.45, 2.75) is 32.3 Å². The van der Waals surface area contributed by atoms with Crippen LogP contribution in [0.5, 0.6) is 0 Å². The molecule has 0 amide bonds. The van der Waals surface area contributed by atoms with Gasteiger partial charge in [-0.1, -0.05) is 13.8 Å². The predicted molar refractivity (Wildman–Crippen MR) is 76.6 cm³/mol. The maximum Gasteiger partial charge on any atom is 0.332 e. The Labute approximate surface area is 126 Å². The van der Waals surface area contributed by atoms with Crippen LogP contribution in [0.2, 0.25) is 0 Å². The maximum absolute atomic E-state index is 12.1. The molecule has 1 aliphatic rings. The number of nitrogens with zero attached hydrogens (tertiary/aromatic N) is 1. The summed E-state index contributed by atoms with van der Waals surface area (Å²) in [6.07, 6.45) is 1.26. The highest BCUT2D eigenvalue weighted by atomic mass is 31.2. The van der Waals surface area contributed by atoms with Crippen LogP contribution in [-0.4, -0.2) is 38.7 Å². The van der Waals surface area contributed by atoms with Gasteiger partial charge in [0.2, 0.25) is 0 Å². The second-order valence-corrected chi connectivity index (χ2v) is 7.67. The van der Waals surface area contributed by atoms with E-state index < -0.39 is 35.8 Å². The third kappa shape index (κ3) is 2.29. The van der Waals surface area contributed by atoms with E-state index in [2.05, 4.69) is 4.98 Å². The lowest BCUT2D eigenvalue weighted by atomic mass is 9.86. The van der Waals surface area contributed by atoms with Crippen LogP contribution in [0.25, 0.3) is 0 Å². The molecule has 0 aliphatic carbocycles. The normalized spacial score (nSPS) is 28.0. The van der Waals surface area contributed by atoms with Crippen LogP contribution in [0.3, 0.4) is 0 Å². The number of aromatic amines is 1. The smallest absolute Gasteiger partial charge is 0.332 e. The van der Waals surface area contributed by atoms with Crippen LogP contribution in [0.1, 0.15) is 19.4 Å². The molecule has 124 valence electrons. The molecule has 10 heteroatoms. The maximum atomic E-state index is 12.1. The van der Waals surface area contributed by atoms with Gasteiger partial charge in [0.1, 0.15) is 0 Å². The first kappa shape index (κ1) is 17.1. The fraction of sp³-hybridized carbons (Fsp3) is 0.667. The fourth-order valence-corrected chi connectivity index (χ4v) is 4.17. The van der Waals surface area contributed by atoms with E-state index in [1.54, 1.807) is 13.8 Å². The lowest BCUT2D eigenvalue weighted by molar-refractivity contribution is -0.301. The molecule has 22 heavy (non-hydrogen) atoms. The second kappa shape index (κ2) is 5.14. The van der Waals surface area contributed by atoms with E-state index in [-0.39, 0.29) is 12.2 Å². The first-order chi connectivity index (χ1) is 9.97. The van der Waals surface area contributed by atoms with Gasteiger partial charge in [0.25, 0.3) is 11.5 Å². The highest BCUT2D eigenvalue weighted by molar-refractivity contribution is 7.52. The molecule has 3 N–H and O–H groups in total. The topological polar surface area (TPSA) is 131 Å². The van der Waals surface area contributed by atoms with Crippen molar-refractivity contribution in [3.8, 4) is 0 Å². The van der Waals surface area contributed by atoms with Crippen molar-refractivity contribution in [1.82, 2.24) is 9.55 Å². The summed E-state index contributed by atoms with van der Waals surface area (Å²) in [5.74, 6) is -1.73. The van der Waals surface area contributed by atoms with Gasteiger partial charge in [-0.25, -0.2) is 9.36 Å². The van der Waals surface area contributed by atoms with E-state index in [0.29, 0.717) is 0 Å². The Hall–Kier alpha value is -1.25. The number of hydrogen-bond donors (Lipinski definition) is 3. The summed E-state index contributed by atoms with van der Waals surface area (Å²) in [7, 11) is -3.20. The molecule has 0 radical (unpaired) electrons. The first-order valence-electron chi connectivity index (χ1n) is 6.55. The minimum absolute atomic E-state index is 0.245. The first-order valence-corrected chi connectivity index (χ1v) is 8.23. The van der Waals surface area contributed by atoms with Crippen LogP contribution >= 0.6 is 7.60 Å². The minimum atomic E-state index is -4.48. The molecule has 0 bridgehead atoms. The number of rotatable bonds is 3. The standard InChI is InChI=1S/C12H19N2O7P/c1-7-5-14(10(16)13-9(7)15)12(20-4)11(2,3)8(6-21-12)22(17,18)19/h5,8H,6H2,1-4H3,(H,13,15,16)(H2,17,18,19). The van der Waals surface area contributed by atoms with Gasteiger partial charge in [0.15, 0.2) is 0 Å². The van der Waals surface area contributed by atoms with Gasteiger partial charge < -0.3 is 19.3 Å². The van der Waals surface area contributed by atoms with Gasteiger partial charge in [-0.3, -0.25) is 14.3 Å². The van der Waals surface area contributed by atoms with E-state index in [4.69, 9.17) is 9.47 Å². The van der Waals surface area contributed by atoms with Crippen molar-refractivity contribution in [3.05, 3.63) is 32.6 Å². The molecule has 2 unspecified atom stereocenters. The fourth-order valence-electron chi connectivity index (χ4n) is 2.90. The second-order valence-electron chi connectivity index (χ2n) is 5.86. The molecule has 9 nitrogen and oxygen atoms in total. The van der Waals surface area contributed by atoms with Crippen LogP contribution in [0, 0.1) is 12.3 Å². The van der Waals surface area contributed by atoms with E-state index in [9.17, 15) is 23.9 Å². The van der Waals surface area contributed by atoms with Gasteiger partial charge >= 0.3 is 13.3 Å². The summed E-state index contributed by atoms with van der Waals surface area (Å²) in [6, 6.07) is 0. The Morgan fingerprint density at radius 2 is 2.05 bits per heavy atom. The van der Waals surface area contributed by atoms with Crippen molar-refractivity contribution in [1.29, 1.82) is 0 Å². The Bertz CT molecular complexity index is 747. The van der Waals surface area contributed by atoms with E-state index in [0.717, 1.165) is 4.57 Å². The highest BCUT2D eigenvalue weighted by Crippen LogP contribution is 2.60. The number of ether oxygens (including phenoxy) is 2. The zero-order valence-corrected chi connectivity index (χ0v) is 13.6. The van der Waals surface area contributed by atoms with Gasteiger partial charge in [0, 0.05) is 18.9 Å². The Balaban J connectivity index is 2.71. The molecule has 1 fully saturated rings. The Kier molecular flexibility index (Phi) is 4.00. The van der Waals surface area contributed by atoms with E-state index >= 15 is 0 Å². The minimum Gasteiger partial charge on any atom is -0.335 e. The van der Waals surface area contributed by atoms with Crippen LogP contribution < -0.4 is 11.2 Å². The molecule has 0 saturated carbocycles. The molecular weight excluding hydrogens is 315 g/mol. The van der Waals surface area contributed by atoms with E-state index in [1.807, 2.05) is 0 Å². The van der Waals surface area contributed by atoms with Crippen molar-refractivity contribution >= 4 is 7.60 Å². The zero-order chi connectivity index (χ0) is 16.9. The molecule has 2 heterocycles. The number of hydrogen-bond acceptors (Lipinski definition) is 5. The number of H-pyrrole nitrogens is 1. The van der Waals surface area contributed by atoms with Gasteiger partial charge in [0.05, 0.1) is 17.7 Å². The lowest BCUT2D eigenvalue weighted by Gasteiger charge is -2.41. The summed E-state index contributed by atoms with van der Waals surface area (Å²) < 4.78 is 23.6. The molecular formula is C12H19N2O7P. The van der Waals surface area contributed by atoms with Gasteiger partial charge in [-0.05, 0) is 6.92 Å². The lowest BCUT2D eigenvalue weighted by Crippen LogP contribution is -2.54. The van der Waals surface area contributed by atoms with Gasteiger partial charge in [-0.2, -0.15) is 0 Å². The molecule has 1 aliphatic heterocycles. The highest BCUT2D eigenvalue weighted by Gasteiger charge is 2.64. The molecule has 1 aromatic rings. The largest absolute Gasteiger partial charge is 0.335 e. The summed E-state index contributed by atoms with van der Waals surface area (Å²) in [6.45, 7) is 4.30. The molecule has 0 aromatic carbocycles. The molecule has 1 aromatic heterocycles. The Morgan fingerprint density at radius 1 is 1.45 bits per heavy atom. The van der Waals surface area contributed by atoms with Crippen molar-refractivity contribution in [2.24, 2.45) is 5.41 Å². The molecule has 0 spiro atoms. The number of aromatic nitrogens is 2. The van der Waals surface area contributed by atoms with Crippen LogP contribution in [0.15, 0.2) is 15.8 Å². The number of aryl methyl sites for hydroxylation is 1. The number of methoxy groups -OCH3 is 1. The zero-order valence-electron chi connectivity index (χ0n) is 12.7.